The van der Waals surface area contributed by atoms with Crippen molar-refractivity contribution in [1.29, 1.82) is 0 Å². The molecule has 0 aromatic heterocycles. The van der Waals surface area contributed by atoms with E-state index in [0.717, 1.165) is 0 Å². The zero-order valence-corrected chi connectivity index (χ0v) is 8.17. The number of rotatable bonds is 4. The molecule has 3 N–H and O–H groups in total. The molecule has 0 bridgehead atoms. The maximum atomic E-state index is 10.5. The van der Waals surface area contributed by atoms with Gasteiger partial charge in [-0.3, -0.25) is 9.87 Å². The highest BCUT2D eigenvalue weighted by molar-refractivity contribution is 7.86. The van der Waals surface area contributed by atoms with Gasteiger partial charge in [-0.25, -0.2) is 0 Å². The normalized spacial score (nSPS) is 20.1. The molecule has 0 heterocycles. The van der Waals surface area contributed by atoms with Crippen LogP contribution >= 0.6 is 0 Å². The molecule has 12 heavy (non-hydrogen) atoms. The maximum absolute atomic E-state index is 10.5. The minimum Gasteiger partial charge on any atom is -0.392 e. The zero-order chi connectivity index (χ0) is 9.94. The summed E-state index contributed by atoms with van der Waals surface area (Å²) in [5.74, 6) is 0. The molecule has 0 saturated carbocycles. The first-order valence-corrected chi connectivity index (χ1v) is 5.16. The number of aliphatic hydroxyl groups is 1. The molecular weight excluding hydrogens is 182 g/mol. The van der Waals surface area contributed by atoms with Crippen molar-refractivity contribution in [2.75, 3.05) is 0 Å². The van der Waals surface area contributed by atoms with Gasteiger partial charge in [-0.1, -0.05) is 0 Å². The topological polar surface area (TPSA) is 86.6 Å². The van der Waals surface area contributed by atoms with Crippen molar-refractivity contribution < 1.29 is 18.1 Å². The summed E-state index contributed by atoms with van der Waals surface area (Å²) in [5, 5.41) is 10.5. The van der Waals surface area contributed by atoms with Gasteiger partial charge in [0.15, 0.2) is 0 Å². The summed E-state index contributed by atoms with van der Waals surface area (Å²) in [4.78, 5) is 0. The van der Waals surface area contributed by atoms with Crippen molar-refractivity contribution >= 4 is 10.1 Å². The van der Waals surface area contributed by atoms with E-state index < -0.39 is 21.6 Å². The Morgan fingerprint density at radius 2 is 1.67 bits per heavy atom. The van der Waals surface area contributed by atoms with Crippen molar-refractivity contribution in [2.45, 2.75) is 38.3 Å². The molecule has 0 aliphatic heterocycles. The van der Waals surface area contributed by atoms with Crippen LogP contribution in [-0.4, -0.2) is 35.6 Å². The average Bonchev–Trinajstić information content (AvgIpc) is 1.85. The molecule has 74 valence electrons. The van der Waals surface area contributed by atoms with Crippen LogP contribution in [0.3, 0.4) is 0 Å². The van der Waals surface area contributed by atoms with Crippen LogP contribution in [0.5, 0.6) is 0 Å². The molecule has 0 aromatic rings. The van der Waals surface area contributed by atoms with Crippen LogP contribution in [0.25, 0.3) is 0 Å². The molecule has 3 unspecified atom stereocenters. The molecule has 0 aromatic carbocycles. The molecule has 0 aliphatic carbocycles. The fraction of sp³-hybridized carbons (Fsp3) is 1.00. The quantitative estimate of drug-likeness (QED) is 0.533. The lowest BCUT2D eigenvalue weighted by atomic mass is 10.2. The fourth-order valence-electron chi connectivity index (χ4n) is 0.595. The van der Waals surface area contributed by atoms with E-state index in [-0.39, 0.29) is 6.04 Å². The molecule has 0 rings (SSSR count). The smallest absolute Gasteiger partial charge is 0.280 e. The lowest BCUT2D eigenvalue weighted by Gasteiger charge is -2.19. The molecule has 0 saturated heterocycles. The second-order valence-corrected chi connectivity index (χ2v) is 4.59. The molecule has 3 atom stereocenters. The van der Waals surface area contributed by atoms with Gasteiger partial charge in [0.05, 0.1) is 6.10 Å². The van der Waals surface area contributed by atoms with Crippen LogP contribution in [0.2, 0.25) is 0 Å². The summed E-state index contributed by atoms with van der Waals surface area (Å²) < 4.78 is 29.5. The van der Waals surface area contributed by atoms with Crippen molar-refractivity contribution in [1.82, 2.24) is 5.32 Å². The lowest BCUT2D eigenvalue weighted by Crippen LogP contribution is -2.44. The number of hydrogen-bond acceptors (Lipinski definition) is 4. The molecule has 5 nitrogen and oxygen atoms in total. The number of hydrogen-bond donors (Lipinski definition) is 3. The lowest BCUT2D eigenvalue weighted by molar-refractivity contribution is 0.151. The molecule has 0 fully saturated rings. The molecule has 0 amide bonds. The third-order valence-electron chi connectivity index (χ3n) is 1.67. The zero-order valence-electron chi connectivity index (χ0n) is 7.35. The second kappa shape index (κ2) is 4.18. The first-order valence-electron chi connectivity index (χ1n) is 3.65. The number of nitrogens with one attached hydrogen (secondary N) is 1. The molecule has 0 aliphatic rings. The monoisotopic (exact) mass is 197 g/mol. The average molecular weight is 197 g/mol. The van der Waals surface area contributed by atoms with Gasteiger partial charge < -0.3 is 5.11 Å². The number of aliphatic hydroxyl groups excluding tert-OH is 1. The van der Waals surface area contributed by atoms with E-state index in [9.17, 15) is 8.42 Å². The van der Waals surface area contributed by atoms with Crippen molar-refractivity contribution in [3.63, 3.8) is 0 Å². The van der Waals surface area contributed by atoms with Crippen molar-refractivity contribution in [3.8, 4) is 0 Å². The summed E-state index contributed by atoms with van der Waals surface area (Å²) in [5.41, 5.74) is 0. The van der Waals surface area contributed by atoms with Gasteiger partial charge >= 0.3 is 0 Å². The third kappa shape index (κ3) is 4.01. The summed E-state index contributed by atoms with van der Waals surface area (Å²) in [7, 11) is -4.05. The second-order valence-electron chi connectivity index (χ2n) is 2.85. The molecule has 6 heteroatoms. The summed E-state index contributed by atoms with van der Waals surface area (Å²) >= 11 is 0. The Hall–Kier alpha value is -0.170. The van der Waals surface area contributed by atoms with Crippen molar-refractivity contribution in [2.24, 2.45) is 0 Å². The predicted octanol–water partition coefficient (Wildman–Crippen LogP) is -0.421. The van der Waals surface area contributed by atoms with E-state index in [0.29, 0.717) is 0 Å². The third-order valence-corrected chi connectivity index (χ3v) is 2.70. The highest BCUT2D eigenvalue weighted by atomic mass is 32.2. The minimum atomic E-state index is -4.05. The Kier molecular flexibility index (Phi) is 4.12. The fourth-order valence-corrected chi connectivity index (χ4v) is 0.982. The SMILES string of the molecule is CC(O)C(C)NC(C)S(=O)(=O)O. The van der Waals surface area contributed by atoms with Crippen LogP contribution in [0.4, 0.5) is 0 Å². The molecule has 0 radical (unpaired) electrons. The van der Waals surface area contributed by atoms with Crippen LogP contribution in [-0.2, 0) is 10.1 Å². The predicted molar refractivity (Wildman–Crippen MR) is 45.3 cm³/mol. The van der Waals surface area contributed by atoms with E-state index in [2.05, 4.69) is 5.32 Å². The van der Waals surface area contributed by atoms with E-state index in [1.807, 2.05) is 0 Å². The van der Waals surface area contributed by atoms with E-state index in [1.54, 1.807) is 6.92 Å². The van der Waals surface area contributed by atoms with E-state index in [4.69, 9.17) is 9.66 Å². The first kappa shape index (κ1) is 11.8. The van der Waals surface area contributed by atoms with Gasteiger partial charge in [0, 0.05) is 6.04 Å². The van der Waals surface area contributed by atoms with E-state index in [1.165, 1.54) is 13.8 Å². The minimum absolute atomic E-state index is 0.373. The van der Waals surface area contributed by atoms with Gasteiger partial charge in [0.2, 0.25) is 0 Å². The van der Waals surface area contributed by atoms with Gasteiger partial charge in [-0.05, 0) is 20.8 Å². The summed E-state index contributed by atoms with van der Waals surface area (Å²) in [6, 6.07) is -0.373. The Morgan fingerprint density at radius 1 is 1.25 bits per heavy atom. The highest BCUT2D eigenvalue weighted by Gasteiger charge is 2.20. The van der Waals surface area contributed by atoms with Crippen LogP contribution in [0.15, 0.2) is 0 Å². The van der Waals surface area contributed by atoms with Gasteiger partial charge in [0.25, 0.3) is 10.1 Å². The summed E-state index contributed by atoms with van der Waals surface area (Å²) in [6.45, 7) is 4.48. The first-order chi connectivity index (χ1) is 5.25. The van der Waals surface area contributed by atoms with Crippen molar-refractivity contribution in [3.05, 3.63) is 0 Å². The Morgan fingerprint density at radius 3 is 1.92 bits per heavy atom. The summed E-state index contributed by atoms with van der Waals surface area (Å²) in [6.07, 6.45) is -0.658. The van der Waals surface area contributed by atoms with Crippen LogP contribution in [0.1, 0.15) is 20.8 Å². The standard InChI is InChI=1S/C6H15NO4S/c1-4(5(2)8)7-6(3)12(9,10)11/h4-8H,1-3H3,(H,9,10,11). The van der Waals surface area contributed by atoms with Crippen LogP contribution < -0.4 is 5.32 Å². The molecular formula is C6H15NO4S. The maximum Gasteiger partial charge on any atom is 0.280 e. The van der Waals surface area contributed by atoms with Gasteiger partial charge in [-0.2, -0.15) is 8.42 Å². The molecule has 0 spiro atoms. The highest BCUT2D eigenvalue weighted by Crippen LogP contribution is 1.98. The van der Waals surface area contributed by atoms with Gasteiger partial charge in [-0.15, -0.1) is 0 Å². The van der Waals surface area contributed by atoms with Gasteiger partial charge in [0.1, 0.15) is 5.37 Å². The Balaban J connectivity index is 4.11. The van der Waals surface area contributed by atoms with E-state index >= 15 is 0 Å². The Bertz CT molecular complexity index is 224. The Labute approximate surface area is 72.5 Å². The largest absolute Gasteiger partial charge is 0.392 e. The van der Waals surface area contributed by atoms with Crippen LogP contribution in [0, 0.1) is 0 Å².